The van der Waals surface area contributed by atoms with Crippen LogP contribution < -0.4 is 0 Å². The fraction of sp³-hybridized carbons (Fsp3) is 0.462. The summed E-state index contributed by atoms with van der Waals surface area (Å²) in [7, 11) is 0. The molecule has 92 valence electrons. The molecule has 1 aromatic rings. The molecule has 1 heterocycles. The van der Waals surface area contributed by atoms with E-state index in [2.05, 4.69) is 0 Å². The summed E-state index contributed by atoms with van der Waals surface area (Å²) in [6.45, 7) is 1.23. The Morgan fingerprint density at radius 1 is 1.35 bits per heavy atom. The Labute approximate surface area is 100 Å². The van der Waals surface area contributed by atoms with E-state index in [4.69, 9.17) is 14.6 Å². The van der Waals surface area contributed by atoms with Crippen LogP contribution in [0.1, 0.15) is 35.2 Å². The van der Waals surface area contributed by atoms with E-state index in [-0.39, 0.29) is 6.29 Å². The smallest absolute Gasteiger partial charge is 0.335 e. The predicted molar refractivity (Wildman–Crippen MR) is 61.8 cm³/mol. The normalized spacial score (nSPS) is 20.1. The number of benzene rings is 1. The van der Waals surface area contributed by atoms with Crippen LogP contribution in [0.5, 0.6) is 0 Å². The summed E-state index contributed by atoms with van der Waals surface area (Å²) in [4.78, 5) is 10.7. The van der Waals surface area contributed by atoms with Crippen molar-refractivity contribution >= 4 is 5.97 Å². The highest BCUT2D eigenvalue weighted by atomic mass is 16.7. The molecule has 1 N–H and O–H groups in total. The number of carboxylic acid groups (broad SMARTS) is 1. The Kier molecular flexibility index (Phi) is 4.12. The van der Waals surface area contributed by atoms with E-state index in [1.54, 1.807) is 24.3 Å². The molecule has 0 spiro atoms. The second-order valence-electron chi connectivity index (χ2n) is 4.11. The highest BCUT2D eigenvalue weighted by Crippen LogP contribution is 2.15. The Morgan fingerprint density at radius 2 is 2.12 bits per heavy atom. The molecule has 4 nitrogen and oxygen atoms in total. The first-order chi connectivity index (χ1) is 8.25. The van der Waals surface area contributed by atoms with Crippen LogP contribution in [0.2, 0.25) is 0 Å². The SMILES string of the molecule is O=C(O)c1ccc(CO[C@H]2CCCCO2)cc1. The summed E-state index contributed by atoms with van der Waals surface area (Å²) >= 11 is 0. The van der Waals surface area contributed by atoms with E-state index in [1.807, 2.05) is 0 Å². The Morgan fingerprint density at radius 3 is 2.71 bits per heavy atom. The highest BCUT2D eigenvalue weighted by molar-refractivity contribution is 5.87. The second kappa shape index (κ2) is 5.80. The van der Waals surface area contributed by atoms with Crippen LogP contribution in [0.15, 0.2) is 24.3 Å². The average molecular weight is 236 g/mol. The second-order valence-corrected chi connectivity index (χ2v) is 4.11. The van der Waals surface area contributed by atoms with Crippen LogP contribution in [0.4, 0.5) is 0 Å². The van der Waals surface area contributed by atoms with Crippen molar-refractivity contribution in [3.05, 3.63) is 35.4 Å². The van der Waals surface area contributed by atoms with Crippen molar-refractivity contribution in [2.75, 3.05) is 6.61 Å². The molecule has 1 aliphatic heterocycles. The molecule has 0 aliphatic carbocycles. The van der Waals surface area contributed by atoms with Gasteiger partial charge in [0.1, 0.15) is 0 Å². The number of carbonyl (C=O) groups is 1. The third kappa shape index (κ3) is 3.54. The van der Waals surface area contributed by atoms with Gasteiger partial charge in [0.25, 0.3) is 0 Å². The summed E-state index contributed by atoms with van der Waals surface area (Å²) in [5, 5.41) is 8.76. The topological polar surface area (TPSA) is 55.8 Å². The van der Waals surface area contributed by atoms with Gasteiger partial charge in [-0.05, 0) is 37.0 Å². The van der Waals surface area contributed by atoms with Crippen molar-refractivity contribution in [2.24, 2.45) is 0 Å². The van der Waals surface area contributed by atoms with Gasteiger partial charge in [0.15, 0.2) is 6.29 Å². The lowest BCUT2D eigenvalue weighted by atomic mass is 10.1. The quantitative estimate of drug-likeness (QED) is 0.872. The molecule has 0 saturated carbocycles. The maximum atomic E-state index is 10.7. The van der Waals surface area contributed by atoms with Gasteiger partial charge in [-0.3, -0.25) is 0 Å². The van der Waals surface area contributed by atoms with Crippen molar-refractivity contribution < 1.29 is 19.4 Å². The molecule has 1 aromatic carbocycles. The monoisotopic (exact) mass is 236 g/mol. The van der Waals surface area contributed by atoms with Crippen molar-refractivity contribution in [3.8, 4) is 0 Å². The van der Waals surface area contributed by atoms with Gasteiger partial charge >= 0.3 is 5.97 Å². The minimum absolute atomic E-state index is 0.108. The summed E-state index contributed by atoms with van der Waals surface area (Å²) < 4.78 is 11.0. The van der Waals surface area contributed by atoms with Crippen LogP contribution in [0.3, 0.4) is 0 Å². The van der Waals surface area contributed by atoms with Crippen molar-refractivity contribution in [1.29, 1.82) is 0 Å². The number of carboxylic acids is 1. The molecule has 4 heteroatoms. The lowest BCUT2D eigenvalue weighted by Crippen LogP contribution is -2.21. The summed E-state index contributed by atoms with van der Waals surface area (Å²) in [6.07, 6.45) is 3.08. The highest BCUT2D eigenvalue weighted by Gasteiger charge is 2.13. The lowest BCUT2D eigenvalue weighted by molar-refractivity contribution is -0.168. The van der Waals surface area contributed by atoms with E-state index >= 15 is 0 Å². The first-order valence-corrected chi connectivity index (χ1v) is 5.81. The summed E-state index contributed by atoms with van der Waals surface area (Å²) in [6, 6.07) is 6.71. The molecule has 1 atom stereocenters. The minimum atomic E-state index is -0.909. The first kappa shape index (κ1) is 12.1. The predicted octanol–water partition coefficient (Wildman–Crippen LogP) is 2.43. The molecule has 0 radical (unpaired) electrons. The molecule has 0 bridgehead atoms. The standard InChI is InChI=1S/C13H16O4/c14-13(15)11-6-4-10(5-7-11)9-17-12-3-1-2-8-16-12/h4-7,12H,1-3,8-9H2,(H,14,15)/t12-/m0/s1. The molecular formula is C13H16O4. The third-order valence-corrected chi connectivity index (χ3v) is 2.77. The van der Waals surface area contributed by atoms with Crippen molar-refractivity contribution in [3.63, 3.8) is 0 Å². The van der Waals surface area contributed by atoms with Gasteiger partial charge < -0.3 is 14.6 Å². The molecule has 1 fully saturated rings. The van der Waals surface area contributed by atoms with Gasteiger partial charge in [-0.2, -0.15) is 0 Å². The van der Waals surface area contributed by atoms with Gasteiger partial charge in [-0.25, -0.2) is 4.79 Å². The number of hydrogen-bond acceptors (Lipinski definition) is 3. The molecular weight excluding hydrogens is 220 g/mol. The number of ether oxygens (including phenoxy) is 2. The first-order valence-electron chi connectivity index (χ1n) is 5.81. The van der Waals surface area contributed by atoms with Gasteiger partial charge in [0, 0.05) is 6.61 Å². The number of hydrogen-bond donors (Lipinski definition) is 1. The van der Waals surface area contributed by atoms with Crippen LogP contribution in [0, 0.1) is 0 Å². The maximum absolute atomic E-state index is 10.7. The number of aromatic carboxylic acids is 1. The molecule has 0 aromatic heterocycles. The van der Waals surface area contributed by atoms with Crippen LogP contribution >= 0.6 is 0 Å². The molecule has 2 rings (SSSR count). The molecule has 0 unspecified atom stereocenters. The van der Waals surface area contributed by atoms with E-state index in [9.17, 15) is 4.79 Å². The largest absolute Gasteiger partial charge is 0.478 e. The van der Waals surface area contributed by atoms with Crippen molar-refractivity contribution in [2.45, 2.75) is 32.2 Å². The summed E-state index contributed by atoms with van der Waals surface area (Å²) in [5.41, 5.74) is 1.26. The zero-order chi connectivity index (χ0) is 12.1. The van der Waals surface area contributed by atoms with E-state index in [0.29, 0.717) is 12.2 Å². The Balaban J connectivity index is 1.84. The molecule has 1 aliphatic rings. The molecule has 17 heavy (non-hydrogen) atoms. The number of rotatable bonds is 4. The van der Waals surface area contributed by atoms with E-state index < -0.39 is 5.97 Å². The zero-order valence-electron chi connectivity index (χ0n) is 9.59. The van der Waals surface area contributed by atoms with E-state index in [1.165, 1.54) is 0 Å². The van der Waals surface area contributed by atoms with Gasteiger partial charge in [0.05, 0.1) is 12.2 Å². The fourth-order valence-corrected chi connectivity index (χ4v) is 1.78. The maximum Gasteiger partial charge on any atom is 0.335 e. The Bertz CT molecular complexity index is 366. The molecule has 0 amide bonds. The van der Waals surface area contributed by atoms with Crippen LogP contribution in [-0.4, -0.2) is 24.0 Å². The van der Waals surface area contributed by atoms with E-state index in [0.717, 1.165) is 31.4 Å². The lowest BCUT2D eigenvalue weighted by Gasteiger charge is -2.22. The average Bonchev–Trinajstić information content (AvgIpc) is 2.38. The van der Waals surface area contributed by atoms with Crippen LogP contribution in [0.25, 0.3) is 0 Å². The van der Waals surface area contributed by atoms with Crippen molar-refractivity contribution in [1.82, 2.24) is 0 Å². The van der Waals surface area contributed by atoms with Gasteiger partial charge in [-0.1, -0.05) is 12.1 Å². The minimum Gasteiger partial charge on any atom is -0.478 e. The third-order valence-electron chi connectivity index (χ3n) is 2.77. The molecule has 1 saturated heterocycles. The fourth-order valence-electron chi connectivity index (χ4n) is 1.78. The van der Waals surface area contributed by atoms with Gasteiger partial charge in [-0.15, -0.1) is 0 Å². The van der Waals surface area contributed by atoms with Gasteiger partial charge in [0.2, 0.25) is 0 Å². The van der Waals surface area contributed by atoms with Crippen LogP contribution in [-0.2, 0) is 16.1 Å². The summed E-state index contributed by atoms with van der Waals surface area (Å²) in [5.74, 6) is -0.909. The Hall–Kier alpha value is -1.39. The zero-order valence-corrected chi connectivity index (χ0v) is 9.59.